The number of hydrogen-bond donors (Lipinski definition) is 0. The molecule has 0 aliphatic carbocycles. The summed E-state index contributed by atoms with van der Waals surface area (Å²) in [5.74, 6) is 0.593. The fourth-order valence-corrected chi connectivity index (χ4v) is 0.987. The summed E-state index contributed by atoms with van der Waals surface area (Å²) in [6, 6.07) is 7.43. The second-order valence-electron chi connectivity index (χ2n) is 3.20. The lowest BCUT2D eigenvalue weighted by Crippen LogP contribution is -2.29. The molecule has 0 aliphatic rings. The number of aryl methyl sites for hydroxylation is 1. The van der Waals surface area contributed by atoms with Gasteiger partial charge in [-0.15, -0.1) is 0 Å². The average Bonchev–Trinajstić information content (AvgIpc) is 2.30. The molecule has 0 unspecified atom stereocenters. The standard InChI is InChI=1S/C11H15NO2.C2H6/c1-4-12(3)11(13)14-10-7-5-6-9(2)8-10;1-2/h5-8H,4H2,1-3H3;1-2H3. The molecule has 1 aromatic carbocycles. The Balaban J connectivity index is 0.00000106. The van der Waals surface area contributed by atoms with E-state index in [1.165, 1.54) is 4.90 Å². The molecule has 0 saturated heterocycles. The summed E-state index contributed by atoms with van der Waals surface area (Å²) >= 11 is 0. The van der Waals surface area contributed by atoms with Gasteiger partial charge in [0.05, 0.1) is 0 Å². The minimum absolute atomic E-state index is 0.321. The van der Waals surface area contributed by atoms with Crippen molar-refractivity contribution in [3.8, 4) is 5.75 Å². The lowest BCUT2D eigenvalue weighted by atomic mass is 10.2. The number of nitrogens with zero attached hydrogens (tertiary/aromatic N) is 1. The molecule has 0 heterocycles. The maximum absolute atomic E-state index is 11.4. The van der Waals surface area contributed by atoms with E-state index in [1.54, 1.807) is 13.1 Å². The predicted octanol–water partition coefficient (Wildman–Crippen LogP) is 3.47. The van der Waals surface area contributed by atoms with Gasteiger partial charge in [0.2, 0.25) is 0 Å². The van der Waals surface area contributed by atoms with Crippen LogP contribution in [-0.2, 0) is 0 Å². The molecule has 3 nitrogen and oxygen atoms in total. The molecule has 0 radical (unpaired) electrons. The molecule has 0 aliphatic heterocycles. The van der Waals surface area contributed by atoms with Crippen LogP contribution in [0.2, 0.25) is 0 Å². The summed E-state index contributed by atoms with van der Waals surface area (Å²) in [5.41, 5.74) is 1.08. The van der Waals surface area contributed by atoms with E-state index in [1.807, 2.05) is 45.9 Å². The van der Waals surface area contributed by atoms with E-state index in [0.29, 0.717) is 12.3 Å². The SMILES string of the molecule is CC.CCN(C)C(=O)Oc1cccc(C)c1. The number of hydrogen-bond acceptors (Lipinski definition) is 2. The predicted molar refractivity (Wildman–Crippen MR) is 66.9 cm³/mol. The van der Waals surface area contributed by atoms with Crippen LogP contribution in [0.15, 0.2) is 24.3 Å². The van der Waals surface area contributed by atoms with Crippen LogP contribution in [0.25, 0.3) is 0 Å². The molecule has 0 fully saturated rings. The van der Waals surface area contributed by atoms with Crippen molar-refractivity contribution >= 4 is 6.09 Å². The summed E-state index contributed by atoms with van der Waals surface area (Å²) in [4.78, 5) is 12.9. The van der Waals surface area contributed by atoms with Crippen LogP contribution < -0.4 is 4.74 Å². The van der Waals surface area contributed by atoms with Crippen molar-refractivity contribution < 1.29 is 9.53 Å². The lowest BCUT2D eigenvalue weighted by Gasteiger charge is -2.14. The molecule has 0 saturated carbocycles. The Morgan fingerprint density at radius 3 is 2.50 bits per heavy atom. The largest absolute Gasteiger partial charge is 0.414 e. The van der Waals surface area contributed by atoms with Crippen molar-refractivity contribution in [2.24, 2.45) is 0 Å². The molecule has 0 atom stereocenters. The number of amides is 1. The van der Waals surface area contributed by atoms with E-state index >= 15 is 0 Å². The van der Waals surface area contributed by atoms with Gasteiger partial charge in [0.15, 0.2) is 0 Å². The van der Waals surface area contributed by atoms with E-state index in [2.05, 4.69) is 0 Å². The first-order valence-electron chi connectivity index (χ1n) is 5.63. The maximum Gasteiger partial charge on any atom is 0.414 e. The van der Waals surface area contributed by atoms with Gasteiger partial charge >= 0.3 is 6.09 Å². The van der Waals surface area contributed by atoms with Crippen molar-refractivity contribution in [1.29, 1.82) is 0 Å². The highest BCUT2D eigenvalue weighted by Gasteiger charge is 2.08. The zero-order valence-corrected chi connectivity index (χ0v) is 10.8. The summed E-state index contributed by atoms with van der Waals surface area (Å²) in [6.07, 6.45) is -0.321. The fourth-order valence-electron chi connectivity index (χ4n) is 0.987. The van der Waals surface area contributed by atoms with E-state index < -0.39 is 0 Å². The Labute approximate surface area is 98.0 Å². The smallest absolute Gasteiger partial charge is 0.410 e. The molecule has 0 aromatic heterocycles. The van der Waals surface area contributed by atoms with Crippen LogP contribution in [-0.4, -0.2) is 24.6 Å². The second-order valence-corrected chi connectivity index (χ2v) is 3.20. The topological polar surface area (TPSA) is 29.5 Å². The van der Waals surface area contributed by atoms with E-state index in [4.69, 9.17) is 4.74 Å². The minimum Gasteiger partial charge on any atom is -0.410 e. The molecular formula is C13H21NO2. The van der Waals surface area contributed by atoms with Crippen LogP contribution in [0.5, 0.6) is 5.75 Å². The second kappa shape index (κ2) is 7.74. The first kappa shape index (κ1) is 14.5. The summed E-state index contributed by atoms with van der Waals surface area (Å²) < 4.78 is 5.13. The van der Waals surface area contributed by atoms with Crippen LogP contribution >= 0.6 is 0 Å². The number of ether oxygens (including phenoxy) is 1. The molecule has 0 bridgehead atoms. The zero-order chi connectivity index (χ0) is 12.6. The van der Waals surface area contributed by atoms with Crippen LogP contribution in [0.1, 0.15) is 26.3 Å². The van der Waals surface area contributed by atoms with E-state index in [9.17, 15) is 4.79 Å². The third-order valence-corrected chi connectivity index (χ3v) is 1.98. The van der Waals surface area contributed by atoms with E-state index in [0.717, 1.165) is 5.56 Å². The van der Waals surface area contributed by atoms with Gasteiger partial charge < -0.3 is 9.64 Å². The molecule has 3 heteroatoms. The van der Waals surface area contributed by atoms with Gasteiger partial charge in [-0.05, 0) is 31.5 Å². The van der Waals surface area contributed by atoms with Crippen LogP contribution in [0.4, 0.5) is 4.79 Å². The number of rotatable bonds is 2. The van der Waals surface area contributed by atoms with Crippen molar-refractivity contribution in [2.75, 3.05) is 13.6 Å². The minimum atomic E-state index is -0.321. The Morgan fingerprint density at radius 1 is 1.38 bits per heavy atom. The first-order valence-corrected chi connectivity index (χ1v) is 5.63. The molecule has 1 aromatic rings. The Hall–Kier alpha value is -1.51. The van der Waals surface area contributed by atoms with Gasteiger partial charge in [-0.2, -0.15) is 0 Å². The van der Waals surface area contributed by atoms with Gasteiger partial charge in [0.1, 0.15) is 5.75 Å². The van der Waals surface area contributed by atoms with Crippen molar-refractivity contribution in [1.82, 2.24) is 4.90 Å². The Morgan fingerprint density at radius 2 is 2.00 bits per heavy atom. The average molecular weight is 223 g/mol. The molecular weight excluding hydrogens is 202 g/mol. The van der Waals surface area contributed by atoms with Crippen molar-refractivity contribution in [3.05, 3.63) is 29.8 Å². The molecule has 16 heavy (non-hydrogen) atoms. The highest BCUT2D eigenvalue weighted by molar-refractivity contribution is 5.70. The van der Waals surface area contributed by atoms with Gasteiger partial charge in [-0.1, -0.05) is 26.0 Å². The summed E-state index contributed by atoms with van der Waals surface area (Å²) in [5, 5.41) is 0. The van der Waals surface area contributed by atoms with Gasteiger partial charge in [0, 0.05) is 13.6 Å². The quantitative estimate of drug-likeness (QED) is 0.768. The van der Waals surface area contributed by atoms with Crippen LogP contribution in [0.3, 0.4) is 0 Å². The summed E-state index contributed by atoms with van der Waals surface area (Å²) in [6.45, 7) is 8.50. The molecule has 1 rings (SSSR count). The Kier molecular flexibility index (Phi) is 7.01. The number of benzene rings is 1. The lowest BCUT2D eigenvalue weighted by molar-refractivity contribution is 0.165. The van der Waals surface area contributed by atoms with Crippen molar-refractivity contribution in [2.45, 2.75) is 27.7 Å². The Bertz CT molecular complexity index is 323. The normalized spacial score (nSPS) is 8.81. The third-order valence-electron chi connectivity index (χ3n) is 1.98. The first-order chi connectivity index (χ1) is 7.63. The highest BCUT2D eigenvalue weighted by Crippen LogP contribution is 2.13. The van der Waals surface area contributed by atoms with Crippen molar-refractivity contribution in [3.63, 3.8) is 0 Å². The zero-order valence-electron chi connectivity index (χ0n) is 10.8. The summed E-state index contributed by atoms with van der Waals surface area (Å²) in [7, 11) is 1.71. The molecule has 0 spiro atoms. The molecule has 0 N–H and O–H groups in total. The van der Waals surface area contributed by atoms with Crippen LogP contribution in [0, 0.1) is 6.92 Å². The monoisotopic (exact) mass is 223 g/mol. The third kappa shape index (κ3) is 4.82. The number of carbonyl (C=O) groups excluding carboxylic acids is 1. The fraction of sp³-hybridized carbons (Fsp3) is 0.462. The van der Waals surface area contributed by atoms with E-state index in [-0.39, 0.29) is 6.09 Å². The van der Waals surface area contributed by atoms with Gasteiger partial charge in [0.25, 0.3) is 0 Å². The van der Waals surface area contributed by atoms with Gasteiger partial charge in [-0.3, -0.25) is 0 Å². The van der Waals surface area contributed by atoms with Gasteiger partial charge in [-0.25, -0.2) is 4.79 Å². The molecule has 1 amide bonds. The molecule has 90 valence electrons. The number of carbonyl (C=O) groups is 1. The maximum atomic E-state index is 11.4. The highest BCUT2D eigenvalue weighted by atomic mass is 16.6.